The average molecular weight is 283 g/mol. The average Bonchev–Trinajstić information content (AvgIpc) is 2.76. The van der Waals surface area contributed by atoms with Gasteiger partial charge in [-0.05, 0) is 58.7 Å². The van der Waals surface area contributed by atoms with Crippen LogP contribution in [-0.2, 0) is 9.53 Å². The molecule has 2 heterocycles. The fourth-order valence-electron chi connectivity index (χ4n) is 3.16. The van der Waals surface area contributed by atoms with E-state index in [1.807, 2.05) is 11.8 Å². The summed E-state index contributed by atoms with van der Waals surface area (Å²) in [6.07, 6.45) is 5.17. The van der Waals surface area contributed by atoms with Crippen molar-refractivity contribution in [3.8, 4) is 0 Å². The lowest BCUT2D eigenvalue weighted by Gasteiger charge is -2.30. The lowest BCUT2D eigenvalue weighted by atomic mass is 10.0. The molecule has 0 spiro atoms. The van der Waals surface area contributed by atoms with E-state index in [2.05, 4.69) is 4.90 Å². The number of carbonyl (C=O) groups is 1. The Bertz CT molecular complexity index is 316. The van der Waals surface area contributed by atoms with Gasteiger partial charge in [-0.25, -0.2) is 0 Å². The van der Waals surface area contributed by atoms with Crippen molar-refractivity contribution in [3.05, 3.63) is 0 Å². The summed E-state index contributed by atoms with van der Waals surface area (Å²) in [4.78, 5) is 17.1. The molecular formula is C15H29N3O2. The molecule has 1 atom stereocenters. The molecule has 1 unspecified atom stereocenters. The van der Waals surface area contributed by atoms with E-state index < -0.39 is 5.60 Å². The molecule has 0 aromatic rings. The normalized spacial score (nSPS) is 28.6. The van der Waals surface area contributed by atoms with Crippen LogP contribution in [0.4, 0.5) is 0 Å². The number of unbranched alkanes of at least 4 members (excludes halogenated alkanes) is 1. The minimum Gasteiger partial charge on any atom is -0.365 e. The molecule has 20 heavy (non-hydrogen) atoms. The first-order valence-electron chi connectivity index (χ1n) is 8.01. The van der Waals surface area contributed by atoms with Crippen molar-refractivity contribution >= 4 is 5.91 Å². The highest BCUT2D eigenvalue weighted by molar-refractivity contribution is 5.85. The molecule has 2 aliphatic heterocycles. The molecule has 0 aromatic carbocycles. The highest BCUT2D eigenvalue weighted by atomic mass is 16.5. The topological polar surface area (TPSA) is 58.8 Å². The van der Waals surface area contributed by atoms with Gasteiger partial charge in [0, 0.05) is 26.2 Å². The van der Waals surface area contributed by atoms with Crippen molar-refractivity contribution in [2.45, 2.75) is 44.6 Å². The van der Waals surface area contributed by atoms with E-state index in [9.17, 15) is 4.79 Å². The van der Waals surface area contributed by atoms with Gasteiger partial charge < -0.3 is 20.3 Å². The molecule has 2 saturated heterocycles. The molecule has 0 saturated carbocycles. The number of ether oxygens (including phenoxy) is 1. The minimum atomic E-state index is -0.561. The van der Waals surface area contributed by atoms with Crippen LogP contribution in [-0.4, -0.2) is 67.2 Å². The first-order chi connectivity index (χ1) is 9.65. The van der Waals surface area contributed by atoms with E-state index in [0.717, 1.165) is 78.0 Å². The smallest absolute Gasteiger partial charge is 0.254 e. The van der Waals surface area contributed by atoms with Crippen molar-refractivity contribution in [2.75, 3.05) is 45.9 Å². The Morgan fingerprint density at radius 2 is 2.05 bits per heavy atom. The van der Waals surface area contributed by atoms with E-state index >= 15 is 0 Å². The molecule has 2 rings (SSSR count). The Hall–Kier alpha value is -0.650. The SMILES string of the molecule is CC1(C(=O)N2CCCN(CCCCN)CC2)CCCO1. The number of carbonyl (C=O) groups excluding carboxylic acids is 1. The van der Waals surface area contributed by atoms with E-state index in [0.29, 0.717) is 0 Å². The lowest BCUT2D eigenvalue weighted by Crippen LogP contribution is -2.48. The summed E-state index contributed by atoms with van der Waals surface area (Å²) in [5.41, 5.74) is 4.98. The summed E-state index contributed by atoms with van der Waals surface area (Å²) >= 11 is 0. The van der Waals surface area contributed by atoms with Gasteiger partial charge in [-0.15, -0.1) is 0 Å². The summed E-state index contributed by atoms with van der Waals surface area (Å²) in [5.74, 6) is 0.193. The van der Waals surface area contributed by atoms with Gasteiger partial charge in [0.2, 0.25) is 0 Å². The zero-order chi connectivity index (χ0) is 14.4. The standard InChI is InChI=1S/C15H29N3O2/c1-15(6-4-13-20-15)14(19)18-10-5-9-17(11-12-18)8-3-2-7-16/h2-13,16H2,1H3. The van der Waals surface area contributed by atoms with Gasteiger partial charge in [-0.3, -0.25) is 4.79 Å². The van der Waals surface area contributed by atoms with Gasteiger partial charge in [0.1, 0.15) is 5.60 Å². The second-order valence-electron chi connectivity index (χ2n) is 6.17. The highest BCUT2D eigenvalue weighted by Crippen LogP contribution is 2.27. The minimum absolute atomic E-state index is 0.193. The quantitative estimate of drug-likeness (QED) is 0.759. The van der Waals surface area contributed by atoms with Crippen LogP contribution in [0.3, 0.4) is 0 Å². The number of nitrogens with two attached hydrogens (primary N) is 1. The van der Waals surface area contributed by atoms with Gasteiger partial charge in [0.15, 0.2) is 0 Å². The Balaban J connectivity index is 1.81. The zero-order valence-electron chi connectivity index (χ0n) is 12.8. The molecule has 5 nitrogen and oxygen atoms in total. The molecule has 2 N–H and O–H groups in total. The highest BCUT2D eigenvalue weighted by Gasteiger charge is 2.40. The fourth-order valence-corrected chi connectivity index (χ4v) is 3.16. The van der Waals surface area contributed by atoms with E-state index in [1.165, 1.54) is 0 Å². The summed E-state index contributed by atoms with van der Waals surface area (Å²) in [6.45, 7) is 8.32. The van der Waals surface area contributed by atoms with Crippen LogP contribution < -0.4 is 5.73 Å². The second kappa shape index (κ2) is 7.38. The van der Waals surface area contributed by atoms with Crippen LogP contribution in [0.2, 0.25) is 0 Å². The van der Waals surface area contributed by atoms with Gasteiger partial charge in [0.05, 0.1) is 0 Å². The van der Waals surface area contributed by atoms with Gasteiger partial charge in [0.25, 0.3) is 5.91 Å². The van der Waals surface area contributed by atoms with Crippen LogP contribution >= 0.6 is 0 Å². The number of hydrogen-bond donors (Lipinski definition) is 1. The Kier molecular flexibility index (Phi) is 5.81. The Labute approximate surface area is 122 Å². The maximum atomic E-state index is 12.6. The Morgan fingerprint density at radius 3 is 2.75 bits per heavy atom. The van der Waals surface area contributed by atoms with Crippen LogP contribution in [0.15, 0.2) is 0 Å². The number of nitrogens with zero attached hydrogens (tertiary/aromatic N) is 2. The van der Waals surface area contributed by atoms with Gasteiger partial charge >= 0.3 is 0 Å². The molecule has 116 valence electrons. The summed E-state index contributed by atoms with van der Waals surface area (Å²) < 4.78 is 5.68. The van der Waals surface area contributed by atoms with Crippen LogP contribution in [0.1, 0.15) is 39.0 Å². The number of hydrogen-bond acceptors (Lipinski definition) is 4. The second-order valence-corrected chi connectivity index (χ2v) is 6.17. The Morgan fingerprint density at radius 1 is 1.20 bits per heavy atom. The third-order valence-electron chi connectivity index (χ3n) is 4.48. The van der Waals surface area contributed by atoms with Crippen molar-refractivity contribution < 1.29 is 9.53 Å². The largest absolute Gasteiger partial charge is 0.365 e. The van der Waals surface area contributed by atoms with E-state index in [-0.39, 0.29) is 5.91 Å². The molecular weight excluding hydrogens is 254 g/mol. The molecule has 0 radical (unpaired) electrons. The maximum absolute atomic E-state index is 12.6. The van der Waals surface area contributed by atoms with E-state index in [1.54, 1.807) is 0 Å². The molecule has 0 bridgehead atoms. The molecule has 2 fully saturated rings. The van der Waals surface area contributed by atoms with Crippen molar-refractivity contribution in [1.82, 2.24) is 9.80 Å². The summed E-state index contributed by atoms with van der Waals surface area (Å²) in [5, 5.41) is 0. The fraction of sp³-hybridized carbons (Fsp3) is 0.933. The van der Waals surface area contributed by atoms with Crippen LogP contribution in [0, 0.1) is 0 Å². The zero-order valence-corrected chi connectivity index (χ0v) is 12.8. The van der Waals surface area contributed by atoms with Crippen molar-refractivity contribution in [3.63, 3.8) is 0 Å². The third kappa shape index (κ3) is 3.93. The molecule has 1 amide bonds. The molecule has 5 heteroatoms. The van der Waals surface area contributed by atoms with Crippen molar-refractivity contribution in [1.29, 1.82) is 0 Å². The van der Waals surface area contributed by atoms with Gasteiger partial charge in [-0.2, -0.15) is 0 Å². The first-order valence-corrected chi connectivity index (χ1v) is 8.01. The summed E-state index contributed by atoms with van der Waals surface area (Å²) in [6, 6.07) is 0. The van der Waals surface area contributed by atoms with Gasteiger partial charge in [-0.1, -0.05) is 0 Å². The summed E-state index contributed by atoms with van der Waals surface area (Å²) in [7, 11) is 0. The molecule has 0 aromatic heterocycles. The molecule has 0 aliphatic carbocycles. The number of amides is 1. The number of rotatable bonds is 5. The van der Waals surface area contributed by atoms with E-state index in [4.69, 9.17) is 10.5 Å². The first kappa shape index (κ1) is 15.7. The van der Waals surface area contributed by atoms with Crippen molar-refractivity contribution in [2.24, 2.45) is 5.73 Å². The predicted molar refractivity (Wildman–Crippen MR) is 79.5 cm³/mol. The predicted octanol–water partition coefficient (Wildman–Crippen LogP) is 0.829. The third-order valence-corrected chi connectivity index (χ3v) is 4.48. The lowest BCUT2D eigenvalue weighted by molar-refractivity contribution is -0.150. The van der Waals surface area contributed by atoms with Crippen LogP contribution in [0.25, 0.3) is 0 Å². The molecule has 2 aliphatic rings. The maximum Gasteiger partial charge on any atom is 0.254 e. The van der Waals surface area contributed by atoms with Crippen LogP contribution in [0.5, 0.6) is 0 Å². The monoisotopic (exact) mass is 283 g/mol.